The predicted molar refractivity (Wildman–Crippen MR) is 77.4 cm³/mol. The molecule has 0 aliphatic carbocycles. The Balaban J connectivity index is 2.57. The zero-order chi connectivity index (χ0) is 14.4. The van der Waals surface area contributed by atoms with E-state index < -0.39 is 0 Å². The second-order valence-electron chi connectivity index (χ2n) is 4.94. The molecule has 0 aliphatic rings. The van der Waals surface area contributed by atoms with Gasteiger partial charge in [0.15, 0.2) is 0 Å². The highest BCUT2D eigenvalue weighted by Gasteiger charge is 2.10. The summed E-state index contributed by atoms with van der Waals surface area (Å²) in [4.78, 5) is 11.6. The van der Waals surface area contributed by atoms with Crippen molar-refractivity contribution >= 4 is 5.91 Å². The van der Waals surface area contributed by atoms with Crippen LogP contribution in [0.2, 0.25) is 0 Å². The number of ether oxygens (including phenoxy) is 1. The fourth-order valence-corrected chi connectivity index (χ4v) is 2.12. The van der Waals surface area contributed by atoms with Crippen LogP contribution in [0.25, 0.3) is 0 Å². The molecule has 1 aromatic rings. The summed E-state index contributed by atoms with van der Waals surface area (Å²) in [5, 5.41) is 2.90. The van der Waals surface area contributed by atoms with Gasteiger partial charge >= 0.3 is 0 Å². The topological polar surface area (TPSA) is 64.3 Å². The molecule has 0 bridgehead atoms. The third-order valence-corrected chi connectivity index (χ3v) is 3.24. The second-order valence-corrected chi connectivity index (χ2v) is 4.94. The van der Waals surface area contributed by atoms with Crippen LogP contribution in [0.5, 0.6) is 5.75 Å². The van der Waals surface area contributed by atoms with E-state index in [9.17, 15) is 4.79 Å². The predicted octanol–water partition coefficient (Wildman–Crippen LogP) is 1.57. The summed E-state index contributed by atoms with van der Waals surface area (Å²) in [5.74, 6) is 0.827. The van der Waals surface area contributed by atoms with Gasteiger partial charge in [0.25, 0.3) is 0 Å². The summed E-state index contributed by atoms with van der Waals surface area (Å²) in [6.07, 6.45) is 0.814. The van der Waals surface area contributed by atoms with Gasteiger partial charge in [-0.2, -0.15) is 0 Å². The fraction of sp³-hybridized carbons (Fsp3) is 0.533. The lowest BCUT2D eigenvalue weighted by Crippen LogP contribution is -2.34. The number of methoxy groups -OCH3 is 1. The molecular formula is C15H24N2O2. The molecule has 0 aliphatic heterocycles. The van der Waals surface area contributed by atoms with Crippen molar-refractivity contribution in [3.8, 4) is 5.75 Å². The molecule has 1 amide bonds. The Bertz CT molecular complexity index is 421. The molecule has 0 heterocycles. The van der Waals surface area contributed by atoms with Crippen molar-refractivity contribution < 1.29 is 9.53 Å². The van der Waals surface area contributed by atoms with Gasteiger partial charge in [0, 0.05) is 19.0 Å². The van der Waals surface area contributed by atoms with Crippen LogP contribution in [0.3, 0.4) is 0 Å². The second kappa shape index (κ2) is 7.14. The van der Waals surface area contributed by atoms with Gasteiger partial charge in [-0.15, -0.1) is 0 Å². The molecule has 0 saturated heterocycles. The van der Waals surface area contributed by atoms with Crippen LogP contribution >= 0.6 is 0 Å². The number of nitrogens with one attached hydrogen (secondary N) is 1. The van der Waals surface area contributed by atoms with Gasteiger partial charge in [0.1, 0.15) is 5.75 Å². The molecule has 0 aromatic heterocycles. The number of aryl methyl sites for hydroxylation is 2. The number of carbonyl (C=O) groups excluding carboxylic acids is 1. The van der Waals surface area contributed by atoms with Gasteiger partial charge < -0.3 is 15.8 Å². The van der Waals surface area contributed by atoms with Crippen molar-refractivity contribution in [3.05, 3.63) is 28.8 Å². The number of benzene rings is 1. The molecule has 0 fully saturated rings. The van der Waals surface area contributed by atoms with Gasteiger partial charge in [-0.25, -0.2) is 0 Å². The molecule has 1 rings (SSSR count). The standard InChI is InChI=1S/C15H24N2O2/c1-10-7-13(8-11(2)14(10)19-4)5-6-17-15(18)12(3)9-16/h7-8,12H,5-6,9,16H2,1-4H3,(H,17,18). The molecule has 106 valence electrons. The van der Waals surface area contributed by atoms with E-state index in [2.05, 4.69) is 17.4 Å². The molecular weight excluding hydrogens is 240 g/mol. The zero-order valence-corrected chi connectivity index (χ0v) is 12.2. The van der Waals surface area contributed by atoms with Crippen molar-refractivity contribution in [3.63, 3.8) is 0 Å². The summed E-state index contributed by atoms with van der Waals surface area (Å²) >= 11 is 0. The minimum Gasteiger partial charge on any atom is -0.496 e. The first-order valence-corrected chi connectivity index (χ1v) is 6.61. The van der Waals surface area contributed by atoms with E-state index in [1.807, 2.05) is 20.8 Å². The third-order valence-electron chi connectivity index (χ3n) is 3.24. The molecule has 1 atom stereocenters. The van der Waals surface area contributed by atoms with Crippen molar-refractivity contribution in [2.75, 3.05) is 20.2 Å². The van der Waals surface area contributed by atoms with Crippen LogP contribution in [-0.2, 0) is 11.2 Å². The maximum atomic E-state index is 11.6. The zero-order valence-electron chi connectivity index (χ0n) is 12.2. The highest BCUT2D eigenvalue weighted by Crippen LogP contribution is 2.24. The average molecular weight is 264 g/mol. The monoisotopic (exact) mass is 264 g/mol. The molecule has 1 unspecified atom stereocenters. The van der Waals surface area contributed by atoms with E-state index in [-0.39, 0.29) is 11.8 Å². The number of amides is 1. The molecule has 3 N–H and O–H groups in total. The molecule has 0 saturated carbocycles. The molecule has 4 heteroatoms. The number of nitrogens with two attached hydrogens (primary N) is 1. The van der Waals surface area contributed by atoms with Crippen LogP contribution < -0.4 is 15.8 Å². The first-order chi connectivity index (χ1) is 8.99. The van der Waals surface area contributed by atoms with Crippen molar-refractivity contribution in [1.29, 1.82) is 0 Å². The quantitative estimate of drug-likeness (QED) is 0.819. The normalized spacial score (nSPS) is 12.1. The summed E-state index contributed by atoms with van der Waals surface area (Å²) < 4.78 is 5.34. The van der Waals surface area contributed by atoms with Gasteiger partial charge in [-0.05, 0) is 37.0 Å². The SMILES string of the molecule is COc1c(C)cc(CCNC(=O)C(C)CN)cc1C. The van der Waals surface area contributed by atoms with Gasteiger partial charge in [0.05, 0.1) is 7.11 Å². The molecule has 4 nitrogen and oxygen atoms in total. The maximum Gasteiger partial charge on any atom is 0.224 e. The van der Waals surface area contributed by atoms with Gasteiger partial charge in [-0.3, -0.25) is 4.79 Å². The van der Waals surface area contributed by atoms with Crippen LogP contribution in [-0.4, -0.2) is 26.1 Å². The van der Waals surface area contributed by atoms with E-state index >= 15 is 0 Å². The van der Waals surface area contributed by atoms with E-state index in [4.69, 9.17) is 10.5 Å². The first-order valence-electron chi connectivity index (χ1n) is 6.61. The summed E-state index contributed by atoms with van der Waals surface area (Å²) in [6, 6.07) is 4.20. The summed E-state index contributed by atoms with van der Waals surface area (Å²) in [6.45, 7) is 6.91. The molecule has 0 spiro atoms. The van der Waals surface area contributed by atoms with Crippen LogP contribution in [0.1, 0.15) is 23.6 Å². The number of hydrogen-bond donors (Lipinski definition) is 2. The van der Waals surface area contributed by atoms with Crippen LogP contribution in [0.15, 0.2) is 12.1 Å². The highest BCUT2D eigenvalue weighted by molar-refractivity contribution is 5.78. The van der Waals surface area contributed by atoms with E-state index in [0.29, 0.717) is 13.1 Å². The van der Waals surface area contributed by atoms with Crippen LogP contribution in [0.4, 0.5) is 0 Å². The van der Waals surface area contributed by atoms with Crippen molar-refractivity contribution in [2.24, 2.45) is 11.7 Å². The molecule has 1 aromatic carbocycles. The Morgan fingerprint density at radius 1 is 1.37 bits per heavy atom. The Hall–Kier alpha value is -1.55. The Kier molecular flexibility index (Phi) is 5.83. The highest BCUT2D eigenvalue weighted by atomic mass is 16.5. The summed E-state index contributed by atoms with van der Waals surface area (Å²) in [5.41, 5.74) is 8.91. The van der Waals surface area contributed by atoms with E-state index in [0.717, 1.165) is 23.3 Å². The maximum absolute atomic E-state index is 11.6. The first kappa shape index (κ1) is 15.5. The molecule has 19 heavy (non-hydrogen) atoms. The van der Waals surface area contributed by atoms with Crippen molar-refractivity contribution in [1.82, 2.24) is 5.32 Å². The Morgan fingerprint density at radius 2 is 1.95 bits per heavy atom. The molecule has 0 radical (unpaired) electrons. The van der Waals surface area contributed by atoms with Gasteiger partial charge in [0.2, 0.25) is 5.91 Å². The number of hydrogen-bond acceptors (Lipinski definition) is 3. The number of rotatable bonds is 6. The number of carbonyl (C=O) groups is 1. The minimum atomic E-state index is -0.126. The summed E-state index contributed by atoms with van der Waals surface area (Å²) in [7, 11) is 1.68. The lowest BCUT2D eigenvalue weighted by atomic mass is 10.0. The van der Waals surface area contributed by atoms with Gasteiger partial charge in [-0.1, -0.05) is 19.1 Å². The fourth-order valence-electron chi connectivity index (χ4n) is 2.12. The van der Waals surface area contributed by atoms with E-state index in [1.54, 1.807) is 7.11 Å². The lowest BCUT2D eigenvalue weighted by molar-refractivity contribution is -0.124. The average Bonchev–Trinajstić information content (AvgIpc) is 2.37. The lowest BCUT2D eigenvalue weighted by Gasteiger charge is -2.13. The minimum absolute atomic E-state index is 0.0180. The smallest absolute Gasteiger partial charge is 0.224 e. The Morgan fingerprint density at radius 3 is 2.42 bits per heavy atom. The van der Waals surface area contributed by atoms with E-state index in [1.165, 1.54) is 5.56 Å². The van der Waals surface area contributed by atoms with Crippen LogP contribution in [0, 0.1) is 19.8 Å². The van der Waals surface area contributed by atoms with Crippen molar-refractivity contribution in [2.45, 2.75) is 27.2 Å². The Labute approximate surface area is 115 Å². The third kappa shape index (κ3) is 4.24. The largest absolute Gasteiger partial charge is 0.496 e.